The lowest BCUT2D eigenvalue weighted by Crippen LogP contribution is -2.62. The van der Waals surface area contributed by atoms with Crippen molar-refractivity contribution in [3.63, 3.8) is 0 Å². The van der Waals surface area contributed by atoms with Crippen molar-refractivity contribution in [3.8, 4) is 16.9 Å². The summed E-state index contributed by atoms with van der Waals surface area (Å²) in [6.07, 6.45) is 1.40. The van der Waals surface area contributed by atoms with E-state index >= 15 is 0 Å². The molecule has 0 radical (unpaired) electrons. The highest BCUT2D eigenvalue weighted by Crippen LogP contribution is 2.61. The van der Waals surface area contributed by atoms with E-state index in [9.17, 15) is 23.1 Å². The molecule has 4 fully saturated rings. The zero-order valence-corrected chi connectivity index (χ0v) is 30.4. The number of ether oxygens (including phenoxy) is 1. The first-order valence-electron chi connectivity index (χ1n) is 16.7. The van der Waals surface area contributed by atoms with Crippen molar-refractivity contribution in [2.75, 3.05) is 38.9 Å². The molecule has 6 rings (SSSR count). The van der Waals surface area contributed by atoms with Crippen LogP contribution < -0.4 is 19.7 Å². The molecular weight excluding hydrogens is 648 g/mol. The van der Waals surface area contributed by atoms with Gasteiger partial charge in [0.1, 0.15) is 17.9 Å². The molecule has 268 valence electrons. The topological polar surface area (TPSA) is 174 Å². The molecule has 14 heteroatoms. The summed E-state index contributed by atoms with van der Waals surface area (Å²) in [6, 6.07) is 9.75. The van der Waals surface area contributed by atoms with Crippen LogP contribution in [0.3, 0.4) is 0 Å². The molecule has 0 spiro atoms. The molecule has 8 atom stereocenters. The summed E-state index contributed by atoms with van der Waals surface area (Å²) in [5.41, 5.74) is 10.6. The van der Waals surface area contributed by atoms with E-state index in [1.807, 2.05) is 48.0 Å². The van der Waals surface area contributed by atoms with E-state index in [1.165, 1.54) is 13.5 Å². The SMILES string of the molecule is COc1c(CN2O[C@@H](CN=N)[C@@H]([C@H](C)O)[C@H]2C(=O)N[C@H]2C[C@H]3C[C@@H]([C@@H]2C)C3(C)C)cccc1-c1cc(C(=O)NS(C)(=O)=O)cc(N(C)C)c1. The quantitative estimate of drug-likeness (QED) is 0.241. The first kappa shape index (κ1) is 36.7. The van der Waals surface area contributed by atoms with Crippen LogP contribution in [0, 0.1) is 34.6 Å². The number of benzene rings is 2. The average Bonchev–Trinajstić information content (AvgIpc) is 3.38. The van der Waals surface area contributed by atoms with Crippen LogP contribution in [0.1, 0.15) is 56.5 Å². The van der Waals surface area contributed by atoms with Crippen LogP contribution in [0.25, 0.3) is 11.1 Å². The maximum Gasteiger partial charge on any atom is 0.264 e. The Labute approximate surface area is 289 Å². The zero-order chi connectivity index (χ0) is 36.0. The smallest absolute Gasteiger partial charge is 0.264 e. The summed E-state index contributed by atoms with van der Waals surface area (Å²) in [5, 5.41) is 19.4. The molecule has 0 aromatic heterocycles. The molecule has 3 saturated carbocycles. The van der Waals surface area contributed by atoms with E-state index in [4.69, 9.17) is 15.1 Å². The number of carbonyl (C=O) groups excluding carboxylic acids is 2. The Morgan fingerprint density at radius 3 is 2.51 bits per heavy atom. The van der Waals surface area contributed by atoms with Crippen molar-refractivity contribution in [3.05, 3.63) is 47.5 Å². The largest absolute Gasteiger partial charge is 0.496 e. The number of rotatable bonds is 12. The maximum absolute atomic E-state index is 14.2. The number of nitrogens with zero attached hydrogens (tertiary/aromatic N) is 3. The van der Waals surface area contributed by atoms with Crippen LogP contribution in [-0.2, 0) is 26.2 Å². The van der Waals surface area contributed by atoms with Gasteiger partial charge >= 0.3 is 0 Å². The van der Waals surface area contributed by atoms with E-state index in [2.05, 4.69) is 31.2 Å². The number of nitrogens with one attached hydrogen (secondary N) is 3. The number of hydrogen-bond acceptors (Lipinski definition) is 11. The molecule has 2 amide bonds. The van der Waals surface area contributed by atoms with E-state index in [0.29, 0.717) is 45.9 Å². The Bertz CT molecular complexity index is 1700. The third-order valence-corrected chi connectivity index (χ3v) is 11.6. The molecule has 13 nitrogen and oxygen atoms in total. The Morgan fingerprint density at radius 1 is 1.22 bits per heavy atom. The predicted octanol–water partition coefficient (Wildman–Crippen LogP) is 3.82. The van der Waals surface area contributed by atoms with Gasteiger partial charge in [-0.25, -0.2) is 18.7 Å². The summed E-state index contributed by atoms with van der Waals surface area (Å²) in [5.74, 6) is 0.235. The summed E-state index contributed by atoms with van der Waals surface area (Å²) in [6.45, 7) is 8.57. The van der Waals surface area contributed by atoms with Crippen molar-refractivity contribution in [1.29, 1.82) is 5.53 Å². The molecule has 49 heavy (non-hydrogen) atoms. The fourth-order valence-corrected chi connectivity index (χ4v) is 8.76. The maximum atomic E-state index is 14.2. The van der Waals surface area contributed by atoms with Gasteiger partial charge in [-0.15, -0.1) is 0 Å². The van der Waals surface area contributed by atoms with Crippen LogP contribution >= 0.6 is 0 Å². The summed E-state index contributed by atoms with van der Waals surface area (Å²) < 4.78 is 31.6. The number of para-hydroxylation sites is 1. The van der Waals surface area contributed by atoms with Gasteiger partial charge in [-0.05, 0) is 66.7 Å². The Balaban J connectivity index is 1.49. The van der Waals surface area contributed by atoms with E-state index in [0.717, 1.165) is 12.7 Å². The first-order valence-corrected chi connectivity index (χ1v) is 18.6. The van der Waals surface area contributed by atoms with Crippen molar-refractivity contribution in [1.82, 2.24) is 15.1 Å². The van der Waals surface area contributed by atoms with E-state index in [-0.39, 0.29) is 36.0 Å². The van der Waals surface area contributed by atoms with Gasteiger partial charge in [0, 0.05) is 48.4 Å². The van der Waals surface area contributed by atoms with Crippen LogP contribution in [0.2, 0.25) is 0 Å². The van der Waals surface area contributed by atoms with Gasteiger partial charge in [0.15, 0.2) is 0 Å². The highest BCUT2D eigenvalue weighted by atomic mass is 32.2. The monoisotopic (exact) mass is 698 g/mol. The van der Waals surface area contributed by atoms with Gasteiger partial charge in [-0.1, -0.05) is 39.0 Å². The molecule has 3 aliphatic carbocycles. The second kappa shape index (κ2) is 14.0. The molecule has 2 aromatic rings. The normalized spacial score (nSPS) is 28.2. The Hall–Kier alpha value is -3.59. The minimum atomic E-state index is -3.79. The van der Waals surface area contributed by atoms with Crippen molar-refractivity contribution in [2.24, 2.45) is 34.2 Å². The van der Waals surface area contributed by atoms with Gasteiger partial charge < -0.3 is 20.1 Å². The molecule has 1 saturated heterocycles. The van der Waals surface area contributed by atoms with Crippen molar-refractivity contribution in [2.45, 2.75) is 71.4 Å². The van der Waals surface area contributed by atoms with Gasteiger partial charge in [-0.2, -0.15) is 10.2 Å². The number of methoxy groups -OCH3 is 1. The average molecular weight is 699 g/mol. The Kier molecular flexibility index (Phi) is 10.5. The number of anilines is 1. The third kappa shape index (κ3) is 7.33. The molecule has 4 aliphatic rings. The number of hydrogen-bond donors (Lipinski definition) is 4. The lowest BCUT2D eigenvalue weighted by atomic mass is 9.45. The molecular formula is C35H50N6O7S. The van der Waals surface area contributed by atoms with Crippen molar-refractivity contribution >= 4 is 27.5 Å². The van der Waals surface area contributed by atoms with Gasteiger partial charge in [-0.3, -0.25) is 14.4 Å². The Morgan fingerprint density at radius 2 is 1.94 bits per heavy atom. The molecule has 4 N–H and O–H groups in total. The summed E-state index contributed by atoms with van der Waals surface area (Å²) in [4.78, 5) is 35.2. The van der Waals surface area contributed by atoms with E-state index < -0.39 is 40.1 Å². The molecule has 0 unspecified atom stereocenters. The van der Waals surface area contributed by atoms with Crippen LogP contribution in [0.5, 0.6) is 5.75 Å². The summed E-state index contributed by atoms with van der Waals surface area (Å²) in [7, 11) is 1.37. The van der Waals surface area contributed by atoms with E-state index in [1.54, 1.807) is 24.1 Å². The number of aliphatic hydroxyl groups is 1. The number of amides is 2. The number of sulfonamides is 1. The first-order chi connectivity index (χ1) is 23.0. The molecule has 2 bridgehead atoms. The minimum absolute atomic E-state index is 0.0108. The standard InChI is InChI=1S/C35H50N6O7S/c1-19-27-15-24(35(27,3)4)16-28(19)38-34(44)31-30(20(2)42)29(17-37-36)48-41(31)18-21-10-9-11-26(32(21)47-7)22-12-23(14-25(13-22)40(5)6)33(43)39-49(8,45)46/h9-14,19-20,24,27-31,36,42H,15-18H2,1-8H3,(H,38,44)(H,39,43)/t19-,20-,24+,27-,28-,29-,30+,31-/m0/s1. The van der Waals surface area contributed by atoms with Crippen LogP contribution in [0.15, 0.2) is 41.5 Å². The number of fused-ring (bicyclic) bond motifs is 2. The highest BCUT2D eigenvalue weighted by Gasteiger charge is 2.57. The zero-order valence-electron chi connectivity index (χ0n) is 29.6. The lowest BCUT2D eigenvalue weighted by Gasteiger charge is -2.62. The molecule has 1 aliphatic heterocycles. The number of carbonyl (C=O) groups is 2. The molecule has 2 aromatic carbocycles. The fourth-order valence-electron chi connectivity index (χ4n) is 8.30. The van der Waals surface area contributed by atoms with Crippen molar-refractivity contribution < 1.29 is 32.7 Å². The fraction of sp³-hybridized carbons (Fsp3) is 0.600. The molecule has 1 heterocycles. The lowest BCUT2D eigenvalue weighted by molar-refractivity contribution is -0.176. The number of hydroxylamine groups is 2. The minimum Gasteiger partial charge on any atom is -0.496 e. The third-order valence-electron chi connectivity index (χ3n) is 11.1. The second-order valence-corrected chi connectivity index (χ2v) is 16.5. The predicted molar refractivity (Wildman–Crippen MR) is 186 cm³/mol. The van der Waals surface area contributed by atoms with Crippen LogP contribution in [-0.4, -0.2) is 88.7 Å². The van der Waals surface area contributed by atoms with Gasteiger partial charge in [0.25, 0.3) is 5.91 Å². The van der Waals surface area contributed by atoms with Gasteiger partial charge in [0.2, 0.25) is 15.9 Å². The second-order valence-electron chi connectivity index (χ2n) is 14.8. The van der Waals surface area contributed by atoms with Gasteiger partial charge in [0.05, 0.1) is 32.6 Å². The van der Waals surface area contributed by atoms with Crippen LogP contribution in [0.4, 0.5) is 5.69 Å². The highest BCUT2D eigenvalue weighted by molar-refractivity contribution is 7.89. The number of aliphatic hydroxyl groups excluding tert-OH is 1. The summed E-state index contributed by atoms with van der Waals surface area (Å²) >= 11 is 0.